The highest BCUT2D eigenvalue weighted by molar-refractivity contribution is 6.31. The number of nitrogens with zero attached hydrogens (tertiary/aromatic N) is 1. The van der Waals surface area contributed by atoms with Crippen molar-refractivity contribution < 1.29 is 9.53 Å². The first-order valence-corrected chi connectivity index (χ1v) is 8.95. The van der Waals surface area contributed by atoms with Crippen molar-refractivity contribution in [2.75, 3.05) is 25.1 Å². The maximum atomic E-state index is 12.8. The number of aromatic nitrogens is 1. The van der Waals surface area contributed by atoms with Gasteiger partial charge in [-0.25, -0.2) is 0 Å². The number of halogens is 1. The first-order chi connectivity index (χ1) is 12.5. The summed E-state index contributed by atoms with van der Waals surface area (Å²) in [5.74, 6) is -0.133. The predicted octanol–water partition coefficient (Wildman–Crippen LogP) is 2.24. The molecule has 0 radical (unpaired) electrons. The van der Waals surface area contributed by atoms with Crippen molar-refractivity contribution >= 4 is 23.2 Å². The van der Waals surface area contributed by atoms with Gasteiger partial charge in [-0.1, -0.05) is 29.8 Å². The van der Waals surface area contributed by atoms with Crippen LogP contribution in [0.25, 0.3) is 0 Å². The molecule has 3 rings (SSSR count). The van der Waals surface area contributed by atoms with Crippen molar-refractivity contribution in [2.24, 2.45) is 11.1 Å². The van der Waals surface area contributed by atoms with Crippen molar-refractivity contribution in [2.45, 2.75) is 19.4 Å². The van der Waals surface area contributed by atoms with Gasteiger partial charge in [-0.15, -0.1) is 0 Å². The van der Waals surface area contributed by atoms with E-state index in [-0.39, 0.29) is 18.0 Å². The van der Waals surface area contributed by atoms with Crippen LogP contribution < -0.4 is 16.6 Å². The van der Waals surface area contributed by atoms with Gasteiger partial charge in [0, 0.05) is 37.0 Å². The first-order valence-electron chi connectivity index (χ1n) is 8.57. The lowest BCUT2D eigenvalue weighted by Crippen LogP contribution is -2.46. The smallest absolute Gasteiger partial charge is 0.250 e. The normalized spacial score (nSPS) is 16.2. The molecule has 0 bridgehead atoms. The number of rotatable bonds is 5. The molecule has 7 heteroatoms. The molecule has 0 unspecified atom stereocenters. The standard InChI is InChI=1S/C19H22ClN3O3/c20-16-4-2-1-3-14(16)11-23-12-15(5-6-17(23)24)22-18(25)19(13-21)7-9-26-10-8-19/h1-6,12H,7-11,13,21H2,(H,22,25). The fourth-order valence-electron chi connectivity index (χ4n) is 3.09. The summed E-state index contributed by atoms with van der Waals surface area (Å²) in [4.78, 5) is 24.9. The summed E-state index contributed by atoms with van der Waals surface area (Å²) in [6, 6.07) is 10.4. The summed E-state index contributed by atoms with van der Waals surface area (Å²) >= 11 is 6.18. The van der Waals surface area contributed by atoms with E-state index in [1.165, 1.54) is 10.6 Å². The molecule has 1 saturated heterocycles. The number of anilines is 1. The average Bonchev–Trinajstić information content (AvgIpc) is 2.66. The Morgan fingerprint density at radius 3 is 2.65 bits per heavy atom. The topological polar surface area (TPSA) is 86.4 Å². The third-order valence-electron chi connectivity index (χ3n) is 4.86. The molecular weight excluding hydrogens is 354 g/mol. The summed E-state index contributed by atoms with van der Waals surface area (Å²) in [5, 5.41) is 3.50. The molecule has 26 heavy (non-hydrogen) atoms. The fourth-order valence-corrected chi connectivity index (χ4v) is 3.28. The number of hydrogen-bond acceptors (Lipinski definition) is 4. The number of nitrogens with one attached hydrogen (secondary N) is 1. The number of hydrogen-bond donors (Lipinski definition) is 2. The van der Waals surface area contributed by atoms with Crippen LogP contribution in [0.2, 0.25) is 5.02 Å². The minimum atomic E-state index is -0.623. The number of benzene rings is 1. The predicted molar refractivity (Wildman–Crippen MR) is 101 cm³/mol. The molecule has 1 aromatic carbocycles. The Morgan fingerprint density at radius 2 is 1.96 bits per heavy atom. The van der Waals surface area contributed by atoms with Gasteiger partial charge < -0.3 is 20.4 Å². The van der Waals surface area contributed by atoms with E-state index < -0.39 is 5.41 Å². The third-order valence-corrected chi connectivity index (χ3v) is 5.23. The van der Waals surface area contributed by atoms with Crippen molar-refractivity contribution in [1.82, 2.24) is 4.57 Å². The van der Waals surface area contributed by atoms with Crippen molar-refractivity contribution in [3.8, 4) is 0 Å². The first kappa shape index (κ1) is 18.6. The van der Waals surface area contributed by atoms with E-state index in [0.29, 0.717) is 43.3 Å². The van der Waals surface area contributed by atoms with E-state index >= 15 is 0 Å². The van der Waals surface area contributed by atoms with E-state index in [0.717, 1.165) is 5.56 Å². The Hall–Kier alpha value is -2.15. The van der Waals surface area contributed by atoms with Crippen LogP contribution in [0.4, 0.5) is 5.69 Å². The summed E-state index contributed by atoms with van der Waals surface area (Å²) in [7, 11) is 0. The van der Waals surface area contributed by atoms with Crippen LogP contribution in [0, 0.1) is 5.41 Å². The SMILES string of the molecule is NCC1(C(=O)Nc2ccc(=O)n(Cc3ccccc3Cl)c2)CCOCC1. The van der Waals surface area contributed by atoms with E-state index in [1.54, 1.807) is 18.3 Å². The summed E-state index contributed by atoms with van der Waals surface area (Å²) in [6.45, 7) is 1.65. The zero-order valence-corrected chi connectivity index (χ0v) is 15.2. The third kappa shape index (κ3) is 3.98. The Labute approximate surface area is 156 Å². The minimum Gasteiger partial charge on any atom is -0.381 e. The second-order valence-electron chi connectivity index (χ2n) is 6.53. The maximum Gasteiger partial charge on any atom is 0.250 e. The van der Waals surface area contributed by atoms with Gasteiger partial charge in [0.05, 0.1) is 17.6 Å². The number of pyridine rings is 1. The van der Waals surface area contributed by atoms with E-state index in [9.17, 15) is 9.59 Å². The highest BCUT2D eigenvalue weighted by Gasteiger charge is 2.38. The molecule has 0 saturated carbocycles. The Morgan fingerprint density at radius 1 is 1.23 bits per heavy atom. The van der Waals surface area contributed by atoms with Gasteiger partial charge in [0.25, 0.3) is 5.56 Å². The summed E-state index contributed by atoms with van der Waals surface area (Å²) < 4.78 is 6.87. The van der Waals surface area contributed by atoms with Crippen LogP contribution in [0.3, 0.4) is 0 Å². The molecule has 1 aliphatic heterocycles. The number of carbonyl (C=O) groups is 1. The molecule has 138 valence electrons. The maximum absolute atomic E-state index is 12.8. The largest absolute Gasteiger partial charge is 0.381 e. The lowest BCUT2D eigenvalue weighted by Gasteiger charge is -2.34. The fraction of sp³-hybridized carbons (Fsp3) is 0.368. The lowest BCUT2D eigenvalue weighted by atomic mass is 9.79. The number of amides is 1. The van der Waals surface area contributed by atoms with Crippen LogP contribution in [0.1, 0.15) is 18.4 Å². The van der Waals surface area contributed by atoms with Crippen LogP contribution in [-0.2, 0) is 16.1 Å². The molecule has 1 aromatic heterocycles. The number of ether oxygens (including phenoxy) is 1. The highest BCUT2D eigenvalue weighted by Crippen LogP contribution is 2.30. The quantitative estimate of drug-likeness (QED) is 0.839. The highest BCUT2D eigenvalue weighted by atomic mass is 35.5. The van der Waals surface area contributed by atoms with E-state index in [1.807, 2.05) is 18.2 Å². The molecule has 1 aliphatic rings. The molecular formula is C19H22ClN3O3. The molecule has 0 atom stereocenters. The molecule has 0 spiro atoms. The second kappa shape index (κ2) is 8.03. The second-order valence-corrected chi connectivity index (χ2v) is 6.93. The van der Waals surface area contributed by atoms with Crippen LogP contribution in [0.5, 0.6) is 0 Å². The molecule has 3 N–H and O–H groups in total. The van der Waals surface area contributed by atoms with Gasteiger partial charge in [0.1, 0.15) is 0 Å². The lowest BCUT2D eigenvalue weighted by molar-refractivity contribution is -0.130. The average molecular weight is 376 g/mol. The van der Waals surface area contributed by atoms with E-state index in [2.05, 4.69) is 5.32 Å². The molecule has 0 aliphatic carbocycles. The van der Waals surface area contributed by atoms with Crippen LogP contribution >= 0.6 is 11.6 Å². The molecule has 1 fully saturated rings. The van der Waals surface area contributed by atoms with Gasteiger partial charge in [-0.3, -0.25) is 9.59 Å². The molecule has 2 heterocycles. The molecule has 2 aromatic rings. The molecule has 6 nitrogen and oxygen atoms in total. The summed E-state index contributed by atoms with van der Waals surface area (Å²) in [6.07, 6.45) is 2.82. The Kier molecular flexibility index (Phi) is 5.76. The monoisotopic (exact) mass is 375 g/mol. The van der Waals surface area contributed by atoms with Crippen molar-refractivity contribution in [3.63, 3.8) is 0 Å². The Balaban J connectivity index is 1.80. The van der Waals surface area contributed by atoms with E-state index in [4.69, 9.17) is 22.1 Å². The van der Waals surface area contributed by atoms with Crippen LogP contribution in [-0.4, -0.2) is 30.2 Å². The summed E-state index contributed by atoms with van der Waals surface area (Å²) in [5.41, 5.74) is 6.48. The van der Waals surface area contributed by atoms with Gasteiger partial charge in [0.2, 0.25) is 5.91 Å². The molecule has 1 amide bonds. The van der Waals surface area contributed by atoms with Crippen LogP contribution in [0.15, 0.2) is 47.4 Å². The zero-order valence-electron chi connectivity index (χ0n) is 14.4. The van der Waals surface area contributed by atoms with Gasteiger partial charge in [-0.2, -0.15) is 0 Å². The Bertz CT molecular complexity index is 844. The van der Waals surface area contributed by atoms with Crippen molar-refractivity contribution in [3.05, 3.63) is 63.5 Å². The zero-order chi connectivity index (χ0) is 18.6. The number of nitrogens with two attached hydrogens (primary N) is 1. The van der Waals surface area contributed by atoms with Gasteiger partial charge in [0.15, 0.2) is 0 Å². The van der Waals surface area contributed by atoms with Gasteiger partial charge >= 0.3 is 0 Å². The van der Waals surface area contributed by atoms with Crippen molar-refractivity contribution in [1.29, 1.82) is 0 Å². The van der Waals surface area contributed by atoms with Gasteiger partial charge in [-0.05, 0) is 30.5 Å². The minimum absolute atomic E-state index is 0.133. The number of carbonyl (C=O) groups excluding carboxylic acids is 1.